The van der Waals surface area contributed by atoms with Crippen molar-refractivity contribution in [2.75, 3.05) is 12.4 Å². The Morgan fingerprint density at radius 1 is 0.968 bits per heavy atom. The first-order chi connectivity index (χ1) is 14.8. The molecule has 0 aliphatic rings. The van der Waals surface area contributed by atoms with Crippen LogP contribution in [0.1, 0.15) is 23.6 Å². The highest BCUT2D eigenvalue weighted by atomic mass is 32.2. The summed E-state index contributed by atoms with van der Waals surface area (Å²) in [5, 5.41) is 2.81. The average Bonchev–Trinajstić information content (AvgIpc) is 2.77. The number of carbonyl (C=O) groups is 1. The van der Waals surface area contributed by atoms with Gasteiger partial charge >= 0.3 is 0 Å². The number of carbonyl (C=O) groups excluding carboxylic acids is 1. The smallest absolute Gasteiger partial charge is 0.221 e. The van der Waals surface area contributed by atoms with Crippen LogP contribution in [0.15, 0.2) is 83.8 Å². The van der Waals surface area contributed by atoms with Gasteiger partial charge in [0.2, 0.25) is 5.91 Å². The highest BCUT2D eigenvalue weighted by Crippen LogP contribution is 2.20. The molecular formula is C24H24FNO4S. The summed E-state index contributed by atoms with van der Waals surface area (Å²) in [5.41, 5.74) is 1.73. The van der Waals surface area contributed by atoms with E-state index in [2.05, 4.69) is 5.32 Å². The van der Waals surface area contributed by atoms with Gasteiger partial charge in [0.05, 0.1) is 16.7 Å². The second kappa shape index (κ2) is 10.2. The van der Waals surface area contributed by atoms with Crippen LogP contribution in [0.2, 0.25) is 0 Å². The number of sulfone groups is 1. The number of halogens is 1. The van der Waals surface area contributed by atoms with E-state index in [1.165, 1.54) is 24.3 Å². The second-order valence-corrected chi connectivity index (χ2v) is 9.26. The summed E-state index contributed by atoms with van der Waals surface area (Å²) in [6.45, 7) is 1.87. The third-order valence-electron chi connectivity index (χ3n) is 4.76. The molecule has 7 heteroatoms. The number of benzene rings is 3. The average molecular weight is 442 g/mol. The third kappa shape index (κ3) is 6.39. The maximum atomic E-state index is 13.9. The van der Waals surface area contributed by atoms with Gasteiger partial charge in [-0.2, -0.15) is 0 Å². The van der Waals surface area contributed by atoms with E-state index >= 15 is 0 Å². The molecular weight excluding hydrogens is 417 g/mol. The lowest BCUT2D eigenvalue weighted by Gasteiger charge is -2.20. The lowest BCUT2D eigenvalue weighted by Crippen LogP contribution is -2.33. The van der Waals surface area contributed by atoms with Gasteiger partial charge in [-0.1, -0.05) is 60.2 Å². The lowest BCUT2D eigenvalue weighted by molar-refractivity contribution is -0.121. The molecule has 31 heavy (non-hydrogen) atoms. The highest BCUT2D eigenvalue weighted by Gasteiger charge is 2.20. The van der Waals surface area contributed by atoms with Crippen molar-refractivity contribution in [3.8, 4) is 5.75 Å². The monoisotopic (exact) mass is 441 g/mol. The molecule has 1 atom stereocenters. The Hall–Kier alpha value is -3.19. The van der Waals surface area contributed by atoms with Crippen LogP contribution in [-0.2, 0) is 14.6 Å². The van der Waals surface area contributed by atoms with Crippen LogP contribution < -0.4 is 10.1 Å². The summed E-state index contributed by atoms with van der Waals surface area (Å²) in [5.74, 6) is -1.15. The molecule has 0 spiro atoms. The molecule has 0 fully saturated rings. The van der Waals surface area contributed by atoms with Crippen LogP contribution in [0.3, 0.4) is 0 Å². The first kappa shape index (κ1) is 22.5. The fourth-order valence-corrected chi connectivity index (χ4v) is 4.24. The fraction of sp³-hybridized carbons (Fsp3) is 0.208. The number of nitrogens with one attached hydrogen (secondary N) is 1. The van der Waals surface area contributed by atoms with E-state index in [-0.39, 0.29) is 29.4 Å². The molecule has 0 aliphatic carbocycles. The Balaban J connectivity index is 1.65. The fourth-order valence-electron chi connectivity index (χ4n) is 3.00. The van der Waals surface area contributed by atoms with Crippen LogP contribution in [0.25, 0.3) is 0 Å². The Morgan fingerprint density at radius 3 is 2.29 bits per heavy atom. The molecule has 0 heterocycles. The number of aryl methyl sites for hydroxylation is 1. The van der Waals surface area contributed by atoms with Crippen molar-refractivity contribution in [2.24, 2.45) is 0 Å². The Labute approximate surface area is 181 Å². The topological polar surface area (TPSA) is 72.5 Å². The molecule has 0 saturated heterocycles. The maximum absolute atomic E-state index is 13.9. The van der Waals surface area contributed by atoms with E-state index in [0.29, 0.717) is 0 Å². The second-order valence-electron chi connectivity index (χ2n) is 7.15. The summed E-state index contributed by atoms with van der Waals surface area (Å²) < 4.78 is 44.4. The third-order valence-corrected chi connectivity index (χ3v) is 6.49. The van der Waals surface area contributed by atoms with Gasteiger partial charge < -0.3 is 10.1 Å². The highest BCUT2D eigenvalue weighted by molar-refractivity contribution is 7.91. The van der Waals surface area contributed by atoms with E-state index < -0.39 is 27.6 Å². The molecule has 0 aromatic heterocycles. The summed E-state index contributed by atoms with van der Waals surface area (Å²) in [7, 11) is -3.58. The predicted octanol–water partition coefficient (Wildman–Crippen LogP) is 4.23. The summed E-state index contributed by atoms with van der Waals surface area (Å²) in [6.07, 6.45) is -0.195. The van der Waals surface area contributed by atoms with Crippen molar-refractivity contribution in [1.82, 2.24) is 5.32 Å². The minimum Gasteiger partial charge on any atom is -0.488 e. The van der Waals surface area contributed by atoms with Crippen LogP contribution in [0.4, 0.5) is 4.39 Å². The van der Waals surface area contributed by atoms with Crippen LogP contribution in [0, 0.1) is 12.7 Å². The molecule has 0 saturated carbocycles. The van der Waals surface area contributed by atoms with Gasteiger partial charge in [-0.25, -0.2) is 12.8 Å². The molecule has 1 unspecified atom stereocenters. The Kier molecular flexibility index (Phi) is 7.41. The van der Waals surface area contributed by atoms with Crippen molar-refractivity contribution in [3.05, 3.63) is 95.8 Å². The molecule has 1 N–H and O–H groups in total. The molecule has 0 bridgehead atoms. The van der Waals surface area contributed by atoms with Gasteiger partial charge in [-0.3, -0.25) is 4.79 Å². The number of ether oxygens (including phenoxy) is 1. The standard InChI is InChI=1S/C24H24FNO4S/c1-18-11-13-20(14-12-18)31(28,29)16-15-24(27)26-22(19-7-3-2-4-8-19)17-30-23-10-6-5-9-21(23)25/h2-14,22H,15-17H2,1H3,(H,26,27). The maximum Gasteiger partial charge on any atom is 0.221 e. The van der Waals surface area contributed by atoms with E-state index in [9.17, 15) is 17.6 Å². The number of hydrogen-bond acceptors (Lipinski definition) is 4. The molecule has 162 valence electrons. The SMILES string of the molecule is Cc1ccc(S(=O)(=O)CCC(=O)NC(COc2ccccc2F)c2ccccc2)cc1. The normalized spacial score (nSPS) is 12.2. The van der Waals surface area contributed by atoms with Gasteiger partial charge in [-0.05, 0) is 36.8 Å². The molecule has 1 amide bonds. The number of amides is 1. The minimum absolute atomic E-state index is 0.00139. The van der Waals surface area contributed by atoms with Crippen LogP contribution in [-0.4, -0.2) is 26.7 Å². The van der Waals surface area contributed by atoms with E-state index in [1.54, 1.807) is 24.3 Å². The molecule has 3 rings (SSSR count). The number of hydrogen-bond donors (Lipinski definition) is 1. The van der Waals surface area contributed by atoms with Gasteiger partial charge in [0.15, 0.2) is 21.4 Å². The van der Waals surface area contributed by atoms with E-state index in [1.807, 2.05) is 37.3 Å². The van der Waals surface area contributed by atoms with Gasteiger partial charge in [0.25, 0.3) is 0 Å². The Morgan fingerprint density at radius 2 is 1.61 bits per heavy atom. The quantitative estimate of drug-likeness (QED) is 0.539. The summed E-state index contributed by atoms with van der Waals surface area (Å²) in [6, 6.07) is 21.1. The first-order valence-electron chi connectivity index (χ1n) is 9.86. The lowest BCUT2D eigenvalue weighted by atomic mass is 10.1. The van der Waals surface area contributed by atoms with Crippen LogP contribution in [0.5, 0.6) is 5.75 Å². The molecule has 0 aliphatic heterocycles. The predicted molar refractivity (Wildman–Crippen MR) is 117 cm³/mol. The van der Waals surface area contributed by atoms with Crippen LogP contribution >= 0.6 is 0 Å². The van der Waals surface area contributed by atoms with Crippen molar-refractivity contribution in [2.45, 2.75) is 24.3 Å². The minimum atomic E-state index is -3.58. The molecule has 3 aromatic carbocycles. The van der Waals surface area contributed by atoms with Gasteiger partial charge in [-0.15, -0.1) is 0 Å². The molecule has 0 radical (unpaired) electrons. The molecule has 3 aromatic rings. The van der Waals surface area contributed by atoms with Crippen molar-refractivity contribution in [1.29, 1.82) is 0 Å². The van der Waals surface area contributed by atoms with E-state index in [0.717, 1.165) is 11.1 Å². The number of para-hydroxylation sites is 1. The first-order valence-corrected chi connectivity index (χ1v) is 11.5. The largest absolute Gasteiger partial charge is 0.488 e. The van der Waals surface area contributed by atoms with Crippen molar-refractivity contribution < 1.29 is 22.3 Å². The van der Waals surface area contributed by atoms with E-state index in [4.69, 9.17) is 4.74 Å². The Bertz CT molecular complexity index is 1120. The zero-order valence-corrected chi connectivity index (χ0v) is 17.9. The molecule has 5 nitrogen and oxygen atoms in total. The summed E-state index contributed by atoms with van der Waals surface area (Å²) >= 11 is 0. The zero-order chi connectivity index (χ0) is 22.3. The zero-order valence-electron chi connectivity index (χ0n) is 17.1. The van der Waals surface area contributed by atoms with Gasteiger partial charge in [0, 0.05) is 6.42 Å². The van der Waals surface area contributed by atoms with Gasteiger partial charge in [0.1, 0.15) is 6.61 Å². The summed E-state index contributed by atoms with van der Waals surface area (Å²) in [4.78, 5) is 12.7. The van der Waals surface area contributed by atoms with Crippen molar-refractivity contribution >= 4 is 15.7 Å². The number of rotatable bonds is 9. The van der Waals surface area contributed by atoms with Crippen molar-refractivity contribution in [3.63, 3.8) is 0 Å².